The normalized spacial score (nSPS) is 13.3. The smallest absolute Gasteiger partial charge is 0.277 e. The van der Waals surface area contributed by atoms with Gasteiger partial charge in [-0.1, -0.05) is 12.1 Å². The summed E-state index contributed by atoms with van der Waals surface area (Å²) in [4.78, 5) is 28.9. The average molecular weight is 401 g/mol. The number of nitrogens with zero attached hydrogens (tertiary/aromatic N) is 3. The number of non-ortho nitro benzene ring substituents is 1. The van der Waals surface area contributed by atoms with Gasteiger partial charge >= 0.3 is 0 Å². The topological polar surface area (TPSA) is 76.3 Å². The number of hydrogen-bond donors (Lipinski definition) is 0. The summed E-state index contributed by atoms with van der Waals surface area (Å²) >= 11 is 1.17. The van der Waals surface area contributed by atoms with E-state index in [0.29, 0.717) is 35.5 Å². The first kappa shape index (κ1) is 18.2. The fourth-order valence-electron chi connectivity index (χ4n) is 3.25. The van der Waals surface area contributed by atoms with Crippen LogP contribution in [0, 0.1) is 21.7 Å². The molecule has 4 rings (SSSR count). The summed E-state index contributed by atoms with van der Waals surface area (Å²) in [5.41, 5.74) is 1.09. The highest BCUT2D eigenvalue weighted by atomic mass is 32.1. The lowest BCUT2D eigenvalue weighted by Crippen LogP contribution is -2.36. The zero-order chi connectivity index (χ0) is 19.8. The number of amides is 1. The molecule has 6 nitrogen and oxygen atoms in total. The standard InChI is InChI=1S/C19H13F2N3O3S/c20-13-7-11-4-2-6-23(17(11)15(21)9-13)19(25)16-10-28-18(22-16)12-3-1-5-14(8-12)24(26)27/h1,3,5,7-10H,2,4,6H2. The van der Waals surface area contributed by atoms with E-state index < -0.39 is 22.5 Å². The first-order valence-electron chi connectivity index (χ1n) is 8.44. The minimum Gasteiger partial charge on any atom is -0.304 e. The van der Waals surface area contributed by atoms with Gasteiger partial charge in [0, 0.05) is 35.7 Å². The number of nitro groups is 1. The number of aryl methyl sites for hydroxylation is 1. The van der Waals surface area contributed by atoms with Crippen LogP contribution in [0.5, 0.6) is 0 Å². The van der Waals surface area contributed by atoms with Gasteiger partial charge in [0.05, 0.1) is 10.6 Å². The van der Waals surface area contributed by atoms with Crippen molar-refractivity contribution in [3.63, 3.8) is 0 Å². The Balaban J connectivity index is 1.67. The number of rotatable bonds is 3. The van der Waals surface area contributed by atoms with E-state index in [9.17, 15) is 23.7 Å². The van der Waals surface area contributed by atoms with Crippen LogP contribution in [0.3, 0.4) is 0 Å². The van der Waals surface area contributed by atoms with Gasteiger partial charge in [-0.05, 0) is 24.5 Å². The van der Waals surface area contributed by atoms with Crippen molar-refractivity contribution in [1.82, 2.24) is 4.98 Å². The summed E-state index contributed by atoms with van der Waals surface area (Å²) in [6, 6.07) is 7.97. The van der Waals surface area contributed by atoms with Crippen molar-refractivity contribution in [1.29, 1.82) is 0 Å². The summed E-state index contributed by atoms with van der Waals surface area (Å²) in [5.74, 6) is -1.94. The van der Waals surface area contributed by atoms with E-state index in [1.165, 1.54) is 39.8 Å². The van der Waals surface area contributed by atoms with E-state index in [4.69, 9.17) is 0 Å². The lowest BCUT2D eigenvalue weighted by Gasteiger charge is -2.29. The van der Waals surface area contributed by atoms with Crippen molar-refractivity contribution < 1.29 is 18.5 Å². The molecule has 28 heavy (non-hydrogen) atoms. The molecule has 142 valence electrons. The minimum absolute atomic E-state index is 0.0744. The molecule has 0 atom stereocenters. The highest BCUT2D eigenvalue weighted by molar-refractivity contribution is 7.13. The van der Waals surface area contributed by atoms with Crippen molar-refractivity contribution in [3.8, 4) is 10.6 Å². The van der Waals surface area contributed by atoms with Gasteiger partial charge in [0.1, 0.15) is 22.3 Å². The number of carbonyl (C=O) groups is 1. The third-order valence-corrected chi connectivity index (χ3v) is 5.37. The van der Waals surface area contributed by atoms with E-state index in [2.05, 4.69) is 4.98 Å². The summed E-state index contributed by atoms with van der Waals surface area (Å²) in [5, 5.41) is 12.9. The summed E-state index contributed by atoms with van der Waals surface area (Å²) in [7, 11) is 0. The van der Waals surface area contributed by atoms with Crippen LogP contribution < -0.4 is 4.90 Å². The van der Waals surface area contributed by atoms with E-state index in [1.54, 1.807) is 12.1 Å². The second-order valence-electron chi connectivity index (χ2n) is 6.30. The van der Waals surface area contributed by atoms with Crippen LogP contribution in [-0.4, -0.2) is 22.4 Å². The first-order valence-corrected chi connectivity index (χ1v) is 9.32. The third kappa shape index (κ3) is 3.24. The molecular formula is C19H13F2N3O3S. The predicted octanol–water partition coefficient (Wildman–Crippen LogP) is 4.59. The van der Waals surface area contributed by atoms with Gasteiger partial charge in [0.25, 0.3) is 11.6 Å². The van der Waals surface area contributed by atoms with Crippen LogP contribution in [0.15, 0.2) is 41.8 Å². The highest BCUT2D eigenvalue weighted by Crippen LogP contribution is 2.33. The quantitative estimate of drug-likeness (QED) is 0.475. The number of thiazole rings is 1. The second kappa shape index (κ2) is 7.08. The third-order valence-electron chi connectivity index (χ3n) is 4.48. The first-order chi connectivity index (χ1) is 13.4. The van der Waals surface area contributed by atoms with Crippen molar-refractivity contribution in [2.75, 3.05) is 11.4 Å². The zero-order valence-corrected chi connectivity index (χ0v) is 15.2. The van der Waals surface area contributed by atoms with Crippen LogP contribution in [0.2, 0.25) is 0 Å². The Bertz CT molecular complexity index is 1100. The molecule has 0 N–H and O–H groups in total. The molecule has 0 saturated heterocycles. The number of carbonyl (C=O) groups excluding carboxylic acids is 1. The maximum Gasteiger partial charge on any atom is 0.277 e. The van der Waals surface area contributed by atoms with Crippen LogP contribution in [0.4, 0.5) is 20.2 Å². The van der Waals surface area contributed by atoms with Crippen LogP contribution in [0.25, 0.3) is 10.6 Å². The van der Waals surface area contributed by atoms with Gasteiger partial charge in [-0.25, -0.2) is 13.8 Å². The number of anilines is 1. The number of benzene rings is 2. The van der Waals surface area contributed by atoms with Crippen molar-refractivity contribution in [3.05, 3.63) is 74.8 Å². The lowest BCUT2D eigenvalue weighted by molar-refractivity contribution is -0.384. The van der Waals surface area contributed by atoms with E-state index in [0.717, 1.165) is 6.07 Å². The van der Waals surface area contributed by atoms with Gasteiger partial charge in [0.15, 0.2) is 0 Å². The zero-order valence-electron chi connectivity index (χ0n) is 14.4. The molecule has 0 spiro atoms. The molecule has 9 heteroatoms. The Kier molecular flexibility index (Phi) is 4.60. The lowest BCUT2D eigenvalue weighted by atomic mass is 10.0. The summed E-state index contributed by atoms with van der Waals surface area (Å²) in [6.07, 6.45) is 1.08. The molecule has 0 aliphatic carbocycles. The van der Waals surface area contributed by atoms with Gasteiger partial charge < -0.3 is 4.90 Å². The van der Waals surface area contributed by atoms with Crippen LogP contribution in [0.1, 0.15) is 22.5 Å². The van der Waals surface area contributed by atoms with Gasteiger partial charge in [-0.2, -0.15) is 0 Å². The largest absolute Gasteiger partial charge is 0.304 e. The SMILES string of the molecule is O=C(c1csc(-c2cccc([N+](=O)[O-])c2)n1)N1CCCc2cc(F)cc(F)c21. The van der Waals surface area contributed by atoms with Crippen molar-refractivity contribution in [2.24, 2.45) is 0 Å². The second-order valence-corrected chi connectivity index (χ2v) is 7.16. The van der Waals surface area contributed by atoms with Gasteiger partial charge in [-0.3, -0.25) is 14.9 Å². The molecule has 0 unspecified atom stereocenters. The molecule has 2 aromatic carbocycles. The molecular weight excluding hydrogens is 388 g/mol. The number of hydrogen-bond acceptors (Lipinski definition) is 5. The maximum atomic E-state index is 14.3. The summed E-state index contributed by atoms with van der Waals surface area (Å²) in [6.45, 7) is 0.304. The molecule has 0 bridgehead atoms. The molecule has 1 aliphatic rings. The Hall–Kier alpha value is -3.20. The molecule has 1 aromatic heterocycles. The van der Waals surface area contributed by atoms with E-state index in [1.807, 2.05) is 0 Å². The monoisotopic (exact) mass is 401 g/mol. The fraction of sp³-hybridized carbons (Fsp3) is 0.158. The van der Waals surface area contributed by atoms with E-state index in [-0.39, 0.29) is 17.1 Å². The Morgan fingerprint density at radius 2 is 2.07 bits per heavy atom. The minimum atomic E-state index is -0.780. The molecule has 1 amide bonds. The Morgan fingerprint density at radius 3 is 2.86 bits per heavy atom. The molecule has 0 saturated carbocycles. The Morgan fingerprint density at radius 1 is 1.25 bits per heavy atom. The average Bonchev–Trinajstić information content (AvgIpc) is 3.17. The predicted molar refractivity (Wildman–Crippen MR) is 101 cm³/mol. The van der Waals surface area contributed by atoms with Crippen molar-refractivity contribution in [2.45, 2.75) is 12.8 Å². The summed E-state index contributed by atoms with van der Waals surface area (Å²) < 4.78 is 27.8. The molecule has 3 aromatic rings. The fourth-order valence-corrected chi connectivity index (χ4v) is 4.04. The number of halogens is 2. The number of fused-ring (bicyclic) bond motifs is 1. The molecule has 1 aliphatic heterocycles. The number of nitro benzene ring substituents is 1. The van der Waals surface area contributed by atoms with Crippen LogP contribution in [-0.2, 0) is 6.42 Å². The highest BCUT2D eigenvalue weighted by Gasteiger charge is 2.29. The number of aromatic nitrogens is 1. The molecule has 0 radical (unpaired) electrons. The molecule has 0 fully saturated rings. The van der Waals surface area contributed by atoms with Crippen molar-refractivity contribution >= 4 is 28.6 Å². The Labute approximate surface area is 162 Å². The van der Waals surface area contributed by atoms with Gasteiger partial charge in [0.2, 0.25) is 0 Å². The molecule has 2 heterocycles. The van der Waals surface area contributed by atoms with E-state index >= 15 is 0 Å². The van der Waals surface area contributed by atoms with Gasteiger partial charge in [-0.15, -0.1) is 11.3 Å². The van der Waals surface area contributed by atoms with Crippen LogP contribution >= 0.6 is 11.3 Å². The maximum absolute atomic E-state index is 14.3.